The highest BCUT2D eigenvalue weighted by molar-refractivity contribution is 8.00. The van der Waals surface area contributed by atoms with E-state index < -0.39 is 11.2 Å². The van der Waals surface area contributed by atoms with Gasteiger partial charge < -0.3 is 0 Å². The van der Waals surface area contributed by atoms with Gasteiger partial charge in [-0.15, -0.1) is 0 Å². The molecule has 0 aliphatic rings. The van der Waals surface area contributed by atoms with Crippen molar-refractivity contribution in [2.75, 3.05) is 5.75 Å². The highest BCUT2D eigenvalue weighted by Crippen LogP contribution is 2.25. The van der Waals surface area contributed by atoms with Gasteiger partial charge in [0, 0.05) is 25.1 Å². The van der Waals surface area contributed by atoms with Gasteiger partial charge in [0.1, 0.15) is 16.2 Å². The average molecular weight is 427 g/mol. The smallest absolute Gasteiger partial charge is 0.293 e. The number of hydrogen-bond acceptors (Lipinski definition) is 6. The zero-order valence-corrected chi connectivity index (χ0v) is 18.7. The Labute approximate surface area is 179 Å². The van der Waals surface area contributed by atoms with Crippen LogP contribution in [0, 0.1) is 6.92 Å². The zero-order valence-electron chi connectivity index (χ0n) is 17.9. The number of ketones is 1. The van der Waals surface area contributed by atoms with Gasteiger partial charge in [-0.05, 0) is 13.3 Å². The lowest BCUT2D eigenvalue weighted by Gasteiger charge is -2.15. The molecule has 2 aromatic heterocycles. The van der Waals surface area contributed by atoms with Crippen molar-refractivity contribution in [2.45, 2.75) is 51.6 Å². The minimum Gasteiger partial charge on any atom is -0.293 e. The van der Waals surface area contributed by atoms with Gasteiger partial charge in [0.25, 0.3) is 5.56 Å². The maximum atomic E-state index is 12.9. The molecular weight excluding hydrogens is 400 g/mol. The van der Waals surface area contributed by atoms with E-state index >= 15 is 0 Å². The number of aryl methyl sites for hydroxylation is 2. The summed E-state index contributed by atoms with van der Waals surface area (Å²) in [5.74, 6) is 0.653. The Morgan fingerprint density at radius 1 is 1.13 bits per heavy atom. The summed E-state index contributed by atoms with van der Waals surface area (Å²) in [6, 6.07) is 7.39. The van der Waals surface area contributed by atoms with E-state index in [1.807, 2.05) is 39.8 Å². The molecule has 2 heterocycles. The number of thioether (sulfide) groups is 1. The second-order valence-corrected chi connectivity index (χ2v) is 8.58. The molecule has 3 aromatic rings. The Hall–Kier alpha value is -2.74. The largest absolute Gasteiger partial charge is 0.332 e. The van der Waals surface area contributed by atoms with Crippen LogP contribution in [0.1, 0.15) is 54.9 Å². The third kappa shape index (κ3) is 4.23. The van der Waals surface area contributed by atoms with E-state index in [-0.39, 0.29) is 22.8 Å². The van der Waals surface area contributed by atoms with Crippen LogP contribution in [0.25, 0.3) is 11.0 Å². The Bertz CT molecular complexity index is 1210. The third-order valence-electron chi connectivity index (χ3n) is 4.84. The van der Waals surface area contributed by atoms with Crippen LogP contribution in [0.5, 0.6) is 0 Å². The van der Waals surface area contributed by atoms with Crippen molar-refractivity contribution in [2.24, 2.45) is 7.05 Å². The third-order valence-corrected chi connectivity index (χ3v) is 5.82. The molecule has 0 aliphatic heterocycles. The number of nitrogens with zero attached hydrogens (tertiary/aromatic N) is 4. The van der Waals surface area contributed by atoms with Crippen LogP contribution in [-0.4, -0.2) is 30.6 Å². The summed E-state index contributed by atoms with van der Waals surface area (Å²) in [6.45, 7) is 8.29. The van der Waals surface area contributed by atoms with Crippen LogP contribution in [0.2, 0.25) is 0 Å². The Morgan fingerprint density at radius 2 is 1.80 bits per heavy atom. The number of fused-ring (bicyclic) bond motifs is 1. The van der Waals surface area contributed by atoms with Crippen LogP contribution < -0.4 is 11.2 Å². The highest BCUT2D eigenvalue weighted by atomic mass is 32.2. The van der Waals surface area contributed by atoms with Crippen molar-refractivity contribution in [3.8, 4) is 0 Å². The number of Topliss-reactive ketones (excluding diaryl/α,β-unsaturated/α-hetero) is 1. The first-order valence-corrected chi connectivity index (χ1v) is 11.0. The molecule has 30 heavy (non-hydrogen) atoms. The van der Waals surface area contributed by atoms with E-state index in [0.29, 0.717) is 28.6 Å². The van der Waals surface area contributed by atoms with Gasteiger partial charge in [0.2, 0.25) is 0 Å². The summed E-state index contributed by atoms with van der Waals surface area (Å²) in [5, 5.41) is 0.728. The fourth-order valence-electron chi connectivity index (χ4n) is 3.10. The standard InChI is InChI=1S/C22H26N4O3S/c1-6-11-26-19-17(21(28)25(5)22(26)29)20(24-18(23-19)13(2)3)30-12-16(27)15-9-7-14(4)8-10-15/h7-10,13H,6,11-12H2,1-5H3. The topological polar surface area (TPSA) is 86.9 Å². The predicted octanol–water partition coefficient (Wildman–Crippen LogP) is 3.31. The van der Waals surface area contributed by atoms with Gasteiger partial charge in [0.05, 0.1) is 5.75 Å². The minimum atomic E-state index is -0.442. The molecule has 0 amide bonds. The monoisotopic (exact) mass is 426 g/mol. The van der Waals surface area contributed by atoms with Gasteiger partial charge in [-0.25, -0.2) is 14.8 Å². The predicted molar refractivity (Wildman–Crippen MR) is 120 cm³/mol. The van der Waals surface area contributed by atoms with Crippen molar-refractivity contribution in [3.63, 3.8) is 0 Å². The fraction of sp³-hybridized carbons (Fsp3) is 0.409. The van der Waals surface area contributed by atoms with Gasteiger partial charge in [-0.1, -0.05) is 62.4 Å². The Balaban J connectivity index is 2.12. The van der Waals surface area contributed by atoms with Crippen molar-refractivity contribution >= 4 is 28.6 Å². The molecule has 3 rings (SSSR count). The molecule has 7 nitrogen and oxygen atoms in total. The molecular formula is C22H26N4O3S. The van der Waals surface area contributed by atoms with Crippen LogP contribution in [-0.2, 0) is 13.6 Å². The summed E-state index contributed by atoms with van der Waals surface area (Å²) >= 11 is 1.21. The lowest BCUT2D eigenvalue weighted by molar-refractivity contribution is 0.102. The number of aromatic nitrogens is 4. The van der Waals surface area contributed by atoms with Crippen LogP contribution in [0.4, 0.5) is 0 Å². The number of hydrogen-bond donors (Lipinski definition) is 0. The number of benzene rings is 1. The normalized spacial score (nSPS) is 11.4. The molecule has 0 unspecified atom stereocenters. The molecule has 0 saturated carbocycles. The molecule has 8 heteroatoms. The number of rotatable bonds is 7. The molecule has 1 aromatic carbocycles. The van der Waals surface area contributed by atoms with E-state index in [1.165, 1.54) is 23.4 Å². The van der Waals surface area contributed by atoms with Gasteiger partial charge >= 0.3 is 5.69 Å². The first-order chi connectivity index (χ1) is 14.2. The van der Waals surface area contributed by atoms with Crippen molar-refractivity contribution in [1.29, 1.82) is 0 Å². The molecule has 0 aliphatic carbocycles. The van der Waals surface area contributed by atoms with Crippen molar-refractivity contribution in [3.05, 3.63) is 62.1 Å². The maximum Gasteiger partial charge on any atom is 0.332 e. The van der Waals surface area contributed by atoms with E-state index in [9.17, 15) is 14.4 Å². The average Bonchev–Trinajstić information content (AvgIpc) is 2.73. The lowest BCUT2D eigenvalue weighted by atomic mass is 10.1. The van der Waals surface area contributed by atoms with E-state index in [1.54, 1.807) is 12.1 Å². The van der Waals surface area contributed by atoms with E-state index in [0.717, 1.165) is 16.6 Å². The summed E-state index contributed by atoms with van der Waals surface area (Å²) in [6.07, 6.45) is 0.725. The molecule has 0 N–H and O–H groups in total. The maximum absolute atomic E-state index is 12.9. The molecule has 0 saturated heterocycles. The van der Waals surface area contributed by atoms with Crippen LogP contribution >= 0.6 is 11.8 Å². The van der Waals surface area contributed by atoms with Gasteiger partial charge in [0.15, 0.2) is 11.4 Å². The zero-order chi connectivity index (χ0) is 22.0. The molecule has 0 radical (unpaired) electrons. The number of carbonyl (C=O) groups is 1. The molecule has 0 atom stereocenters. The number of carbonyl (C=O) groups excluding carboxylic acids is 1. The molecule has 0 fully saturated rings. The Kier molecular flexibility index (Phi) is 6.55. The van der Waals surface area contributed by atoms with Gasteiger partial charge in [-0.2, -0.15) is 0 Å². The molecule has 158 valence electrons. The quantitative estimate of drug-likeness (QED) is 0.327. The fourth-order valence-corrected chi connectivity index (χ4v) is 4.01. The Morgan fingerprint density at radius 3 is 2.40 bits per heavy atom. The summed E-state index contributed by atoms with van der Waals surface area (Å²) in [4.78, 5) is 47.4. The van der Waals surface area contributed by atoms with E-state index in [4.69, 9.17) is 0 Å². The summed E-state index contributed by atoms with van der Waals surface area (Å²) in [7, 11) is 1.46. The second-order valence-electron chi connectivity index (χ2n) is 7.62. The summed E-state index contributed by atoms with van der Waals surface area (Å²) < 4.78 is 2.61. The minimum absolute atomic E-state index is 0.00999. The first kappa shape index (κ1) is 22.0. The van der Waals surface area contributed by atoms with E-state index in [2.05, 4.69) is 9.97 Å². The molecule has 0 bridgehead atoms. The summed E-state index contributed by atoms with van der Waals surface area (Å²) in [5.41, 5.74) is 1.21. The van der Waals surface area contributed by atoms with Gasteiger partial charge in [-0.3, -0.25) is 18.7 Å². The van der Waals surface area contributed by atoms with Crippen molar-refractivity contribution < 1.29 is 4.79 Å². The SMILES string of the molecule is CCCn1c(=O)n(C)c(=O)c2c(SCC(=O)c3ccc(C)cc3)nc(C(C)C)nc21. The van der Waals surface area contributed by atoms with Crippen molar-refractivity contribution in [1.82, 2.24) is 19.1 Å². The second kappa shape index (κ2) is 8.95. The highest BCUT2D eigenvalue weighted by Gasteiger charge is 2.20. The van der Waals surface area contributed by atoms with Crippen LogP contribution in [0.15, 0.2) is 38.9 Å². The molecule has 0 spiro atoms. The van der Waals surface area contributed by atoms with Crippen LogP contribution in [0.3, 0.4) is 0 Å². The lowest BCUT2D eigenvalue weighted by Crippen LogP contribution is -2.39. The first-order valence-electron chi connectivity index (χ1n) is 9.98.